The zero-order valence-corrected chi connectivity index (χ0v) is 18.8. The summed E-state index contributed by atoms with van der Waals surface area (Å²) in [6.07, 6.45) is 0. The predicted octanol–water partition coefficient (Wildman–Crippen LogP) is 3.73. The Morgan fingerprint density at radius 3 is 2.56 bits per heavy atom. The summed E-state index contributed by atoms with van der Waals surface area (Å²) in [7, 11) is 6.08. The van der Waals surface area contributed by atoms with Gasteiger partial charge in [0.25, 0.3) is 0 Å². The lowest BCUT2D eigenvalue weighted by molar-refractivity contribution is 0.475. The van der Waals surface area contributed by atoms with Crippen LogP contribution in [-0.4, -0.2) is 43.5 Å². The molecule has 1 aromatic carbocycles. The molecule has 0 spiro atoms. The first-order valence-electron chi connectivity index (χ1n) is 8.17. The van der Waals surface area contributed by atoms with Crippen LogP contribution in [0.4, 0.5) is 5.13 Å². The minimum atomic E-state index is 0. The average Bonchev–Trinajstić information content (AvgIpc) is 3.02. The molecule has 2 aromatic rings. The SMILES string of the molecule is CCNC(=NCc1csc(N(C)C)n1)N(C)Cc1ccccc1C.I. The van der Waals surface area contributed by atoms with Crippen LogP contribution < -0.4 is 10.2 Å². The van der Waals surface area contributed by atoms with Gasteiger partial charge in [-0.3, -0.25) is 0 Å². The van der Waals surface area contributed by atoms with Crippen LogP contribution in [0.2, 0.25) is 0 Å². The van der Waals surface area contributed by atoms with Crippen molar-refractivity contribution in [3.63, 3.8) is 0 Å². The zero-order valence-electron chi connectivity index (χ0n) is 15.6. The van der Waals surface area contributed by atoms with Crippen molar-refractivity contribution in [1.82, 2.24) is 15.2 Å². The summed E-state index contributed by atoms with van der Waals surface area (Å²) in [5, 5.41) is 6.45. The lowest BCUT2D eigenvalue weighted by atomic mass is 10.1. The maximum Gasteiger partial charge on any atom is 0.194 e. The highest BCUT2D eigenvalue weighted by molar-refractivity contribution is 14.0. The van der Waals surface area contributed by atoms with E-state index >= 15 is 0 Å². The molecule has 0 atom stereocenters. The van der Waals surface area contributed by atoms with Crippen molar-refractivity contribution >= 4 is 46.4 Å². The lowest BCUT2D eigenvalue weighted by Gasteiger charge is -2.23. The van der Waals surface area contributed by atoms with Crippen molar-refractivity contribution in [3.05, 3.63) is 46.5 Å². The summed E-state index contributed by atoms with van der Waals surface area (Å²) >= 11 is 1.65. The van der Waals surface area contributed by atoms with Crippen LogP contribution in [0.3, 0.4) is 0 Å². The number of aliphatic imine (C=N–C) groups is 1. The Kier molecular flexibility index (Phi) is 9.20. The third-order valence-corrected chi connectivity index (χ3v) is 4.74. The fourth-order valence-electron chi connectivity index (χ4n) is 2.32. The molecule has 5 nitrogen and oxygen atoms in total. The van der Waals surface area contributed by atoms with Gasteiger partial charge < -0.3 is 15.1 Å². The number of hydrogen-bond acceptors (Lipinski definition) is 4. The Hall–Kier alpha value is -1.35. The second kappa shape index (κ2) is 10.6. The summed E-state index contributed by atoms with van der Waals surface area (Å²) in [6, 6.07) is 8.46. The average molecular weight is 473 g/mol. The monoisotopic (exact) mass is 473 g/mol. The van der Waals surface area contributed by atoms with Gasteiger partial charge >= 0.3 is 0 Å². The van der Waals surface area contributed by atoms with Crippen LogP contribution in [0.25, 0.3) is 0 Å². The Bertz CT molecular complexity index is 684. The molecule has 1 aromatic heterocycles. The van der Waals surface area contributed by atoms with Gasteiger partial charge in [0, 0.05) is 39.6 Å². The van der Waals surface area contributed by atoms with Crippen molar-refractivity contribution in [2.75, 3.05) is 32.6 Å². The summed E-state index contributed by atoms with van der Waals surface area (Å²) in [6.45, 7) is 6.50. The molecule has 0 aliphatic rings. The van der Waals surface area contributed by atoms with E-state index in [0.29, 0.717) is 6.54 Å². The Labute approximate surface area is 172 Å². The van der Waals surface area contributed by atoms with Gasteiger partial charge in [0.1, 0.15) is 0 Å². The number of anilines is 1. The van der Waals surface area contributed by atoms with Crippen LogP contribution in [0, 0.1) is 6.92 Å². The zero-order chi connectivity index (χ0) is 17.5. The normalized spacial score (nSPS) is 11.0. The maximum atomic E-state index is 4.74. The van der Waals surface area contributed by atoms with Crippen molar-refractivity contribution in [2.24, 2.45) is 4.99 Å². The van der Waals surface area contributed by atoms with Crippen molar-refractivity contribution < 1.29 is 0 Å². The van der Waals surface area contributed by atoms with E-state index in [-0.39, 0.29) is 24.0 Å². The molecule has 25 heavy (non-hydrogen) atoms. The molecule has 0 saturated carbocycles. The summed E-state index contributed by atoms with van der Waals surface area (Å²) in [5.41, 5.74) is 3.62. The van der Waals surface area contributed by atoms with Gasteiger partial charge in [-0.1, -0.05) is 24.3 Å². The van der Waals surface area contributed by atoms with Crippen LogP contribution in [-0.2, 0) is 13.1 Å². The Balaban J connectivity index is 0.00000312. The van der Waals surface area contributed by atoms with E-state index in [1.807, 2.05) is 19.0 Å². The van der Waals surface area contributed by atoms with Gasteiger partial charge in [-0.05, 0) is 25.0 Å². The van der Waals surface area contributed by atoms with E-state index in [9.17, 15) is 0 Å². The minimum absolute atomic E-state index is 0. The third-order valence-electron chi connectivity index (χ3n) is 3.68. The van der Waals surface area contributed by atoms with Crippen LogP contribution in [0.1, 0.15) is 23.7 Å². The molecule has 0 fully saturated rings. The fourth-order valence-corrected chi connectivity index (χ4v) is 3.07. The minimum Gasteiger partial charge on any atom is -0.357 e. The number of thiazole rings is 1. The first kappa shape index (κ1) is 21.7. The van der Waals surface area contributed by atoms with E-state index in [2.05, 4.69) is 65.7 Å². The van der Waals surface area contributed by atoms with E-state index in [0.717, 1.165) is 29.9 Å². The van der Waals surface area contributed by atoms with Crippen LogP contribution >= 0.6 is 35.3 Å². The van der Waals surface area contributed by atoms with Gasteiger partial charge in [-0.2, -0.15) is 0 Å². The molecule has 1 heterocycles. The molecule has 0 aliphatic carbocycles. The molecule has 1 N–H and O–H groups in total. The van der Waals surface area contributed by atoms with Gasteiger partial charge in [-0.25, -0.2) is 9.98 Å². The Morgan fingerprint density at radius 2 is 1.96 bits per heavy atom. The molecule has 0 amide bonds. The van der Waals surface area contributed by atoms with Crippen molar-refractivity contribution in [2.45, 2.75) is 26.9 Å². The second-order valence-corrected chi connectivity index (χ2v) is 6.81. The van der Waals surface area contributed by atoms with Crippen LogP contribution in [0.15, 0.2) is 34.6 Å². The second-order valence-electron chi connectivity index (χ2n) is 5.97. The van der Waals surface area contributed by atoms with Crippen molar-refractivity contribution in [3.8, 4) is 0 Å². The number of aryl methyl sites for hydroxylation is 1. The highest BCUT2D eigenvalue weighted by Crippen LogP contribution is 2.18. The number of halogens is 1. The maximum absolute atomic E-state index is 4.74. The number of hydrogen-bond donors (Lipinski definition) is 1. The molecule has 138 valence electrons. The van der Waals surface area contributed by atoms with Gasteiger partial charge in [0.05, 0.1) is 12.2 Å². The number of nitrogens with zero attached hydrogens (tertiary/aromatic N) is 4. The first-order valence-corrected chi connectivity index (χ1v) is 9.05. The molecule has 0 bridgehead atoms. The molecular weight excluding hydrogens is 445 g/mol. The van der Waals surface area contributed by atoms with E-state index in [1.54, 1.807) is 11.3 Å². The quantitative estimate of drug-likeness (QED) is 0.395. The third kappa shape index (κ3) is 6.47. The fraction of sp³-hybridized carbons (Fsp3) is 0.444. The predicted molar refractivity (Wildman–Crippen MR) is 119 cm³/mol. The van der Waals surface area contributed by atoms with Gasteiger partial charge in [-0.15, -0.1) is 35.3 Å². The topological polar surface area (TPSA) is 43.8 Å². The molecule has 2 rings (SSSR count). The Morgan fingerprint density at radius 1 is 1.24 bits per heavy atom. The summed E-state index contributed by atoms with van der Waals surface area (Å²) in [4.78, 5) is 13.5. The van der Waals surface area contributed by atoms with Crippen molar-refractivity contribution in [1.29, 1.82) is 0 Å². The molecule has 7 heteroatoms. The highest BCUT2D eigenvalue weighted by Gasteiger charge is 2.09. The molecule has 0 aliphatic heterocycles. The van der Waals surface area contributed by atoms with Gasteiger partial charge in [0.2, 0.25) is 0 Å². The molecule has 0 unspecified atom stereocenters. The molecule has 0 saturated heterocycles. The van der Waals surface area contributed by atoms with Crippen LogP contribution in [0.5, 0.6) is 0 Å². The number of guanidine groups is 1. The smallest absolute Gasteiger partial charge is 0.194 e. The van der Waals surface area contributed by atoms with E-state index in [4.69, 9.17) is 4.99 Å². The number of aromatic nitrogens is 1. The highest BCUT2D eigenvalue weighted by atomic mass is 127. The van der Waals surface area contributed by atoms with Gasteiger partial charge in [0.15, 0.2) is 11.1 Å². The largest absolute Gasteiger partial charge is 0.357 e. The number of benzene rings is 1. The summed E-state index contributed by atoms with van der Waals surface area (Å²) in [5.74, 6) is 0.903. The number of nitrogens with one attached hydrogen (secondary N) is 1. The first-order chi connectivity index (χ1) is 11.5. The number of rotatable bonds is 6. The lowest BCUT2D eigenvalue weighted by Crippen LogP contribution is -2.38. The van der Waals surface area contributed by atoms with E-state index < -0.39 is 0 Å². The summed E-state index contributed by atoms with van der Waals surface area (Å²) < 4.78 is 0. The molecule has 0 radical (unpaired) electrons. The van der Waals surface area contributed by atoms with E-state index in [1.165, 1.54) is 11.1 Å². The molecular formula is C18H28IN5S. The standard InChI is InChI=1S/C18H27N5S.HI/c1-6-19-17(20-11-16-13-24-18(21-16)22(3)4)23(5)12-15-10-8-7-9-14(15)2;/h7-10,13H,6,11-12H2,1-5H3,(H,19,20);1H.